The second-order valence-corrected chi connectivity index (χ2v) is 14.9. The molecule has 3 amide bonds. The number of hydrogen-bond donors (Lipinski definition) is 0. The number of esters is 1. The van der Waals surface area contributed by atoms with E-state index in [-0.39, 0.29) is 26.9 Å². The molecular weight excluding hydrogens is 757 g/mol. The molecule has 3 aliphatic rings. The van der Waals surface area contributed by atoms with Crippen molar-refractivity contribution >= 4 is 111 Å². The van der Waals surface area contributed by atoms with Crippen molar-refractivity contribution < 1.29 is 28.7 Å². The fourth-order valence-corrected chi connectivity index (χ4v) is 9.04. The Labute approximate surface area is 302 Å². The van der Waals surface area contributed by atoms with E-state index in [1.165, 1.54) is 48.5 Å². The van der Waals surface area contributed by atoms with Gasteiger partial charge in [0.25, 0.3) is 17.7 Å². The Hall–Kier alpha value is -2.82. The molecule has 0 spiro atoms. The number of amides is 3. The Morgan fingerprint density at radius 1 is 0.723 bits per heavy atom. The van der Waals surface area contributed by atoms with Crippen molar-refractivity contribution in [3.63, 3.8) is 0 Å². The van der Waals surface area contributed by atoms with Gasteiger partial charge in [-0.05, 0) is 67.6 Å². The van der Waals surface area contributed by atoms with Crippen LogP contribution in [0.5, 0.6) is 5.75 Å². The highest BCUT2D eigenvalue weighted by Crippen LogP contribution is 2.77. The number of Topliss-reactive ketones (excluding diaryl/α,β-unsaturated/α-hetero) is 1. The first kappa shape index (κ1) is 34.1. The van der Waals surface area contributed by atoms with Crippen molar-refractivity contribution in [2.75, 3.05) is 6.54 Å². The Morgan fingerprint density at radius 2 is 1.19 bits per heavy atom. The van der Waals surface area contributed by atoms with Gasteiger partial charge in [-0.3, -0.25) is 19.2 Å². The molecule has 0 unspecified atom stereocenters. The summed E-state index contributed by atoms with van der Waals surface area (Å²) in [7, 11) is 0. The molecule has 1 saturated carbocycles. The minimum absolute atomic E-state index is 0.000550. The van der Waals surface area contributed by atoms with Crippen LogP contribution in [0.25, 0.3) is 0 Å². The van der Waals surface area contributed by atoms with Crippen LogP contribution in [0.3, 0.4) is 0 Å². The van der Waals surface area contributed by atoms with Crippen LogP contribution in [0.15, 0.2) is 82.9 Å². The number of carbonyl (C=O) groups is 5. The lowest BCUT2D eigenvalue weighted by atomic mass is 9.84. The molecule has 15 heteroatoms. The number of fused-ring (bicyclic) bond motifs is 5. The summed E-state index contributed by atoms with van der Waals surface area (Å²) < 4.78 is 3.21. The van der Waals surface area contributed by atoms with Crippen LogP contribution in [0.1, 0.15) is 36.6 Å². The van der Waals surface area contributed by atoms with Crippen molar-refractivity contribution in [3.05, 3.63) is 110 Å². The highest BCUT2D eigenvalue weighted by atomic mass is 35.5. The average Bonchev–Trinajstić information content (AvgIpc) is 3.43. The molecule has 6 rings (SSSR count). The number of ketones is 1. The normalized spacial score (nSPS) is 25.7. The maximum atomic E-state index is 14.1. The number of hydrazine groups is 1. The summed E-state index contributed by atoms with van der Waals surface area (Å²) >= 11 is 45.6. The van der Waals surface area contributed by atoms with E-state index >= 15 is 0 Å². The Kier molecular flexibility index (Phi) is 8.66. The lowest BCUT2D eigenvalue weighted by Gasteiger charge is -2.36. The molecule has 0 aromatic heterocycles. The van der Waals surface area contributed by atoms with Gasteiger partial charge in [0, 0.05) is 16.1 Å². The number of imide groups is 1. The number of ether oxygens (including phenoxy) is 1. The smallest absolute Gasteiger partial charge is 0.343 e. The number of aryl methyl sites for hydroxylation is 1. The van der Waals surface area contributed by atoms with Gasteiger partial charge in [0.1, 0.15) is 22.0 Å². The molecule has 2 bridgehead atoms. The monoisotopic (exact) mass is 772 g/mol. The van der Waals surface area contributed by atoms with E-state index in [4.69, 9.17) is 85.9 Å². The maximum absolute atomic E-state index is 14.1. The van der Waals surface area contributed by atoms with Crippen molar-refractivity contribution in [1.29, 1.82) is 0 Å². The van der Waals surface area contributed by atoms with E-state index in [9.17, 15) is 24.0 Å². The number of allylic oxidation sites excluding steroid dienone is 2. The summed E-state index contributed by atoms with van der Waals surface area (Å²) in [6.07, 6.45) is 0. The quantitative estimate of drug-likeness (QED) is 0.0808. The number of alkyl halides is 4. The molecule has 1 heterocycles. The Bertz CT molecular complexity index is 1850. The molecule has 3 aromatic carbocycles. The second kappa shape index (κ2) is 11.9. The fourth-order valence-electron chi connectivity index (χ4n) is 5.98. The molecule has 0 radical (unpaired) electrons. The van der Waals surface area contributed by atoms with Gasteiger partial charge in [-0.25, -0.2) is 9.80 Å². The van der Waals surface area contributed by atoms with Crippen LogP contribution in [-0.2, 0) is 9.59 Å². The van der Waals surface area contributed by atoms with Crippen molar-refractivity contribution in [2.24, 2.45) is 11.8 Å². The molecule has 2 aliphatic carbocycles. The van der Waals surface area contributed by atoms with E-state index in [2.05, 4.69) is 0 Å². The van der Waals surface area contributed by atoms with Crippen LogP contribution in [0.2, 0.25) is 5.02 Å². The third kappa shape index (κ3) is 4.99. The molecule has 2 fully saturated rings. The van der Waals surface area contributed by atoms with Crippen LogP contribution in [0.4, 0.5) is 0 Å². The zero-order valence-corrected chi connectivity index (χ0v) is 29.1. The van der Waals surface area contributed by atoms with Crippen molar-refractivity contribution in [2.45, 2.75) is 21.0 Å². The zero-order valence-electron chi connectivity index (χ0n) is 23.8. The van der Waals surface area contributed by atoms with Gasteiger partial charge in [0.15, 0.2) is 10.1 Å². The van der Waals surface area contributed by atoms with E-state index in [0.717, 1.165) is 5.56 Å². The molecule has 8 nitrogen and oxygen atoms in total. The second-order valence-electron chi connectivity index (χ2n) is 11.1. The van der Waals surface area contributed by atoms with Crippen LogP contribution >= 0.6 is 81.2 Å². The molecule has 47 heavy (non-hydrogen) atoms. The summed E-state index contributed by atoms with van der Waals surface area (Å²) in [5.74, 6) is -7.11. The third-order valence-corrected chi connectivity index (χ3v) is 12.9. The Morgan fingerprint density at radius 3 is 1.70 bits per heavy atom. The predicted octanol–water partition coefficient (Wildman–Crippen LogP) is 7.55. The average molecular weight is 776 g/mol. The predicted molar refractivity (Wildman–Crippen MR) is 179 cm³/mol. The third-order valence-electron chi connectivity index (χ3n) is 8.42. The highest BCUT2D eigenvalue weighted by molar-refractivity contribution is 6.66. The van der Waals surface area contributed by atoms with Crippen LogP contribution in [-0.4, -0.2) is 60.1 Å². The van der Waals surface area contributed by atoms with Gasteiger partial charge in [0.05, 0.1) is 27.5 Å². The number of halogens is 7. The van der Waals surface area contributed by atoms with Crippen molar-refractivity contribution in [3.8, 4) is 5.75 Å². The van der Waals surface area contributed by atoms with E-state index in [0.29, 0.717) is 20.6 Å². The highest BCUT2D eigenvalue weighted by Gasteiger charge is 2.88. The fraction of sp³-hybridized carbons (Fsp3) is 0.219. The summed E-state index contributed by atoms with van der Waals surface area (Å²) in [4.78, 5) is 63.9. The summed E-state index contributed by atoms with van der Waals surface area (Å²) in [6, 6.07) is 17.9. The first-order chi connectivity index (χ1) is 22.0. The summed E-state index contributed by atoms with van der Waals surface area (Å²) in [5, 5.41) is 0.903. The molecule has 3 aromatic rings. The minimum atomic E-state index is -2.19. The van der Waals surface area contributed by atoms with Crippen LogP contribution < -0.4 is 4.74 Å². The molecular formula is C32H19Cl7N2O6. The number of hydrogen-bond acceptors (Lipinski definition) is 6. The lowest BCUT2D eigenvalue weighted by molar-refractivity contribution is -0.154. The molecule has 1 saturated heterocycles. The lowest BCUT2D eigenvalue weighted by Crippen LogP contribution is -2.56. The minimum Gasteiger partial charge on any atom is -0.423 e. The number of benzene rings is 3. The number of nitrogens with zero attached hydrogens (tertiary/aromatic N) is 2. The van der Waals surface area contributed by atoms with Gasteiger partial charge in [0.2, 0.25) is 0 Å². The number of rotatable bonds is 7. The van der Waals surface area contributed by atoms with Gasteiger partial charge < -0.3 is 4.74 Å². The summed E-state index contributed by atoms with van der Waals surface area (Å²) in [5.41, 5.74) is 1.38. The first-order valence-corrected chi connectivity index (χ1v) is 16.4. The van der Waals surface area contributed by atoms with Gasteiger partial charge >= 0.3 is 5.97 Å². The molecule has 0 N–H and O–H groups in total. The first-order valence-electron chi connectivity index (χ1n) is 13.7. The zero-order chi connectivity index (χ0) is 34.2. The van der Waals surface area contributed by atoms with E-state index in [1.807, 2.05) is 6.92 Å². The number of carbonyl (C=O) groups excluding carboxylic acids is 5. The SMILES string of the molecule is Cc1ccc(C(=O)Oc2ccc(C(=O)CN(C(=O)c3ccc(Cl)cc3)N3C(=O)[C@@H]4[C@@H](C3=O)[C@@]3(Cl)C(Cl)=C(Cl)[C@@]4(Cl)C3(Cl)Cl)cc2)cc1. The largest absolute Gasteiger partial charge is 0.423 e. The molecule has 1 aliphatic heterocycles. The Balaban J connectivity index is 1.30. The van der Waals surface area contributed by atoms with Gasteiger partial charge in [-0.1, -0.05) is 75.7 Å². The van der Waals surface area contributed by atoms with E-state index in [1.54, 1.807) is 24.3 Å². The van der Waals surface area contributed by atoms with E-state index < -0.39 is 61.9 Å². The van der Waals surface area contributed by atoms with Gasteiger partial charge in [-0.2, -0.15) is 5.01 Å². The summed E-state index contributed by atoms with van der Waals surface area (Å²) in [6.45, 7) is 1.10. The maximum Gasteiger partial charge on any atom is 0.343 e. The molecule has 242 valence electrons. The standard InChI is InChI=1S/C32H19Cl7N2O6/c1-15-2-4-18(5-3-15)29(46)47-20-12-8-16(9-13-20)21(42)14-40(26(43)17-6-10-19(33)11-7-17)41-27(44)22-23(28(41)45)31(37)25(35)24(34)30(22,36)32(31,38)39/h2-13,22-23H,14H2,1H3/t22-,23-,30+,31+/m0/s1. The van der Waals surface area contributed by atoms with Crippen LogP contribution in [0, 0.1) is 18.8 Å². The topological polar surface area (TPSA) is 101 Å². The molecule has 4 atom stereocenters. The van der Waals surface area contributed by atoms with Gasteiger partial charge in [-0.15, -0.1) is 23.2 Å². The van der Waals surface area contributed by atoms with Crippen molar-refractivity contribution in [1.82, 2.24) is 10.0 Å².